The van der Waals surface area contributed by atoms with Crippen LogP contribution in [-0.4, -0.2) is 18.8 Å². The van der Waals surface area contributed by atoms with Crippen LogP contribution in [0.1, 0.15) is 49.8 Å². The van der Waals surface area contributed by atoms with Crippen LogP contribution in [0, 0.1) is 12.3 Å². The third kappa shape index (κ3) is 6.92. The third-order valence-corrected chi connectivity index (χ3v) is 5.60. The predicted octanol–water partition coefficient (Wildman–Crippen LogP) is 3.93. The van der Waals surface area contributed by atoms with Gasteiger partial charge in [-0.25, -0.2) is 0 Å². The third-order valence-electron chi connectivity index (χ3n) is 5.60. The van der Waals surface area contributed by atoms with Gasteiger partial charge in [0, 0.05) is 11.7 Å². The van der Waals surface area contributed by atoms with Crippen molar-refractivity contribution in [2.45, 2.75) is 45.3 Å². The fourth-order valence-electron chi connectivity index (χ4n) is 3.88. The lowest BCUT2D eigenvalue weighted by Crippen LogP contribution is -2.49. The van der Waals surface area contributed by atoms with Crippen LogP contribution in [0.15, 0.2) is 84.5 Å². The molecule has 0 saturated heterocycles. The number of rotatable bonds is 9. The summed E-state index contributed by atoms with van der Waals surface area (Å²) in [5.41, 5.74) is 12.1. The molecule has 2 aromatic carbocycles. The van der Waals surface area contributed by atoms with Gasteiger partial charge in [-0.2, -0.15) is 0 Å². The van der Waals surface area contributed by atoms with Gasteiger partial charge in [-0.15, -0.1) is 6.42 Å². The Morgan fingerprint density at radius 2 is 1.94 bits per heavy atom. The van der Waals surface area contributed by atoms with Gasteiger partial charge >= 0.3 is 0 Å². The molecule has 4 unspecified atom stereocenters. The van der Waals surface area contributed by atoms with E-state index >= 15 is 0 Å². The van der Waals surface area contributed by atoms with Crippen molar-refractivity contribution < 1.29 is 0 Å². The minimum absolute atomic E-state index is 0.0223. The molecule has 0 aliphatic carbocycles. The van der Waals surface area contributed by atoms with E-state index in [0.29, 0.717) is 0 Å². The minimum atomic E-state index is -0.319. The van der Waals surface area contributed by atoms with E-state index in [-0.39, 0.29) is 24.5 Å². The van der Waals surface area contributed by atoms with Crippen LogP contribution < -0.4 is 27.0 Å². The maximum atomic E-state index is 6.60. The SMILES string of the molecule is C#C/C=C\C=C(/C)C1NC(c2cccc(C(N)NC(NCC)c3ccccc3)c2)=CC(C)N1. The van der Waals surface area contributed by atoms with Gasteiger partial charge in [0.2, 0.25) is 0 Å². The van der Waals surface area contributed by atoms with Crippen LogP contribution in [-0.2, 0) is 0 Å². The largest absolute Gasteiger partial charge is 0.366 e. The van der Waals surface area contributed by atoms with Gasteiger partial charge < -0.3 is 11.1 Å². The van der Waals surface area contributed by atoms with Crippen LogP contribution in [0.3, 0.4) is 0 Å². The molecule has 172 valence electrons. The summed E-state index contributed by atoms with van der Waals surface area (Å²) in [4.78, 5) is 0. The minimum Gasteiger partial charge on any atom is -0.366 e. The first-order valence-electron chi connectivity index (χ1n) is 11.5. The van der Waals surface area contributed by atoms with E-state index < -0.39 is 0 Å². The van der Waals surface area contributed by atoms with E-state index in [1.54, 1.807) is 6.08 Å². The molecule has 1 heterocycles. The topological polar surface area (TPSA) is 74.1 Å². The summed E-state index contributed by atoms with van der Waals surface area (Å²) in [5.74, 6) is 2.52. The number of allylic oxidation sites excluding steroid dienone is 3. The molecule has 5 heteroatoms. The average molecular weight is 442 g/mol. The van der Waals surface area contributed by atoms with E-state index in [9.17, 15) is 0 Å². The average Bonchev–Trinajstić information content (AvgIpc) is 2.84. The maximum Gasteiger partial charge on any atom is 0.0995 e. The molecule has 4 atom stereocenters. The van der Waals surface area contributed by atoms with Crippen LogP contribution in [0.5, 0.6) is 0 Å². The molecule has 1 aliphatic heterocycles. The van der Waals surface area contributed by atoms with Crippen LogP contribution in [0.2, 0.25) is 0 Å². The highest BCUT2D eigenvalue weighted by molar-refractivity contribution is 5.66. The van der Waals surface area contributed by atoms with Gasteiger partial charge in [0.25, 0.3) is 0 Å². The van der Waals surface area contributed by atoms with Crippen molar-refractivity contribution in [2.24, 2.45) is 5.73 Å². The summed E-state index contributed by atoms with van der Waals surface area (Å²) in [5, 5.41) is 14.2. The highest BCUT2D eigenvalue weighted by Crippen LogP contribution is 2.22. The second-order valence-electron chi connectivity index (χ2n) is 8.22. The molecule has 6 N–H and O–H groups in total. The van der Waals surface area contributed by atoms with Crippen LogP contribution in [0.4, 0.5) is 0 Å². The Morgan fingerprint density at radius 3 is 2.67 bits per heavy atom. The molecule has 0 amide bonds. The van der Waals surface area contributed by atoms with Gasteiger partial charge in [-0.3, -0.25) is 16.0 Å². The van der Waals surface area contributed by atoms with Crippen molar-refractivity contribution >= 4 is 5.70 Å². The first kappa shape index (κ1) is 24.5. The zero-order valence-electron chi connectivity index (χ0n) is 19.7. The lowest BCUT2D eigenvalue weighted by Gasteiger charge is -2.32. The second kappa shape index (κ2) is 12.2. The first-order valence-corrected chi connectivity index (χ1v) is 11.5. The molecule has 0 fully saturated rings. The highest BCUT2D eigenvalue weighted by Gasteiger charge is 2.21. The summed E-state index contributed by atoms with van der Waals surface area (Å²) in [6, 6.07) is 18.9. The first-order chi connectivity index (χ1) is 16.0. The fourth-order valence-corrected chi connectivity index (χ4v) is 3.88. The van der Waals surface area contributed by atoms with Crippen molar-refractivity contribution in [3.05, 3.63) is 101 Å². The van der Waals surface area contributed by atoms with E-state index in [1.165, 1.54) is 0 Å². The standard InChI is InChI=1S/C28H35N5/c1-5-7-9-13-20(3)27-31-21(4)18-25(32-27)23-16-12-17-24(19-23)26(29)33-28(30-6-2)22-14-10-8-11-15-22/h1,7-19,21,26-28,30-33H,6,29H2,2-4H3/b9-7-,20-13+. The summed E-state index contributed by atoms with van der Waals surface area (Å²) in [6.07, 6.45) is 12.8. The predicted molar refractivity (Wildman–Crippen MR) is 139 cm³/mol. The summed E-state index contributed by atoms with van der Waals surface area (Å²) >= 11 is 0. The van der Waals surface area contributed by atoms with E-state index in [2.05, 4.69) is 90.4 Å². The Labute approximate surface area is 198 Å². The van der Waals surface area contributed by atoms with Gasteiger partial charge in [-0.05, 0) is 60.9 Å². The molecule has 0 aromatic heterocycles. The maximum absolute atomic E-state index is 6.60. The normalized spacial score (nSPS) is 20.6. The molecule has 0 saturated carbocycles. The molecular weight excluding hydrogens is 406 g/mol. The molecule has 5 nitrogen and oxygen atoms in total. The number of nitrogens with two attached hydrogens (primary N) is 1. The summed E-state index contributed by atoms with van der Waals surface area (Å²) in [7, 11) is 0. The van der Waals surface area contributed by atoms with Crippen molar-refractivity contribution in [2.75, 3.05) is 6.54 Å². The van der Waals surface area contributed by atoms with Gasteiger partial charge in [-0.1, -0.05) is 73.5 Å². The number of terminal acetylenes is 1. The number of hydrogen-bond acceptors (Lipinski definition) is 5. The monoisotopic (exact) mass is 441 g/mol. The van der Waals surface area contributed by atoms with Crippen molar-refractivity contribution in [1.29, 1.82) is 0 Å². The zero-order valence-corrected chi connectivity index (χ0v) is 19.7. The zero-order chi connectivity index (χ0) is 23.6. The van der Waals surface area contributed by atoms with E-state index in [0.717, 1.165) is 34.5 Å². The van der Waals surface area contributed by atoms with Crippen LogP contribution in [0.25, 0.3) is 5.70 Å². The Morgan fingerprint density at radius 1 is 1.18 bits per heavy atom. The Hall–Kier alpha value is -3.14. The highest BCUT2D eigenvalue weighted by atomic mass is 15.2. The number of benzene rings is 2. The summed E-state index contributed by atoms with van der Waals surface area (Å²) in [6.45, 7) is 7.17. The van der Waals surface area contributed by atoms with Gasteiger partial charge in [0.1, 0.15) is 0 Å². The number of hydrogen-bond donors (Lipinski definition) is 5. The Kier molecular flexibility index (Phi) is 9.05. The van der Waals surface area contributed by atoms with E-state index in [4.69, 9.17) is 12.2 Å². The molecule has 33 heavy (non-hydrogen) atoms. The van der Waals surface area contributed by atoms with Crippen molar-refractivity contribution in [1.82, 2.24) is 21.3 Å². The number of nitrogens with one attached hydrogen (secondary N) is 4. The second-order valence-corrected chi connectivity index (χ2v) is 8.22. The van der Waals surface area contributed by atoms with Gasteiger partial charge in [0.05, 0.1) is 18.5 Å². The Bertz CT molecular complexity index is 1030. The quantitative estimate of drug-likeness (QED) is 0.232. The molecule has 0 spiro atoms. The van der Waals surface area contributed by atoms with Crippen molar-refractivity contribution in [3.8, 4) is 12.3 Å². The van der Waals surface area contributed by atoms with Crippen LogP contribution >= 0.6 is 0 Å². The molecule has 1 aliphatic rings. The smallest absolute Gasteiger partial charge is 0.0995 e. The summed E-state index contributed by atoms with van der Waals surface area (Å²) < 4.78 is 0. The van der Waals surface area contributed by atoms with Gasteiger partial charge in [0.15, 0.2) is 0 Å². The molecule has 0 bridgehead atoms. The van der Waals surface area contributed by atoms with Crippen molar-refractivity contribution in [3.63, 3.8) is 0 Å². The molecule has 3 rings (SSSR count). The molecule has 2 aromatic rings. The molecule has 0 radical (unpaired) electrons. The fraction of sp³-hybridized carbons (Fsp3) is 0.286. The van der Waals surface area contributed by atoms with E-state index in [1.807, 2.05) is 30.4 Å². The Balaban J connectivity index is 1.77. The lowest BCUT2D eigenvalue weighted by molar-refractivity contribution is 0.394. The molecular formula is C28H35N5. The lowest BCUT2D eigenvalue weighted by atomic mass is 10.0.